The van der Waals surface area contributed by atoms with Crippen LogP contribution in [-0.4, -0.2) is 48.4 Å². The minimum Gasteiger partial charge on any atom is -0.479 e. The highest BCUT2D eigenvalue weighted by atomic mass is 16.5. The van der Waals surface area contributed by atoms with Crippen molar-refractivity contribution in [2.24, 2.45) is 0 Å². The van der Waals surface area contributed by atoms with E-state index in [2.05, 4.69) is 5.32 Å². The Morgan fingerprint density at radius 3 is 2.50 bits per heavy atom. The molecule has 30 heavy (non-hydrogen) atoms. The van der Waals surface area contributed by atoms with E-state index >= 15 is 0 Å². The maximum absolute atomic E-state index is 12.5. The second-order valence-corrected chi connectivity index (χ2v) is 7.63. The van der Waals surface area contributed by atoms with Crippen molar-refractivity contribution in [3.8, 4) is 5.75 Å². The molecule has 2 aliphatic heterocycles. The van der Waals surface area contributed by atoms with Gasteiger partial charge in [0.2, 0.25) is 5.91 Å². The smallest absolute Gasteiger partial charge is 0.268 e. The molecule has 0 aromatic heterocycles. The molecule has 0 radical (unpaired) electrons. The Bertz CT molecular complexity index is 951. The molecule has 1 fully saturated rings. The van der Waals surface area contributed by atoms with Gasteiger partial charge in [-0.1, -0.05) is 24.3 Å². The molecular weight excluding hydrogens is 382 g/mol. The summed E-state index contributed by atoms with van der Waals surface area (Å²) in [6.45, 7) is 3.56. The van der Waals surface area contributed by atoms with Crippen molar-refractivity contribution in [2.45, 2.75) is 32.4 Å². The molecule has 1 atom stereocenters. The molecule has 7 heteroatoms. The number of nitrogens with one attached hydrogen (secondary N) is 1. The molecule has 2 heterocycles. The van der Waals surface area contributed by atoms with Crippen LogP contribution in [0.5, 0.6) is 5.75 Å². The van der Waals surface area contributed by atoms with Gasteiger partial charge in [-0.3, -0.25) is 19.3 Å². The zero-order valence-corrected chi connectivity index (χ0v) is 17.0. The van der Waals surface area contributed by atoms with E-state index in [0.29, 0.717) is 23.5 Å². The van der Waals surface area contributed by atoms with E-state index in [-0.39, 0.29) is 24.3 Å². The van der Waals surface area contributed by atoms with Gasteiger partial charge in [-0.25, -0.2) is 0 Å². The van der Waals surface area contributed by atoms with E-state index in [1.54, 1.807) is 37.3 Å². The number of likely N-dealkylation sites (tertiary alicyclic amines) is 1. The van der Waals surface area contributed by atoms with Gasteiger partial charge < -0.3 is 15.0 Å². The highest BCUT2D eigenvalue weighted by Crippen LogP contribution is 2.33. The molecular formula is C23H25N3O4. The van der Waals surface area contributed by atoms with E-state index < -0.39 is 6.10 Å². The van der Waals surface area contributed by atoms with Crippen molar-refractivity contribution in [3.63, 3.8) is 0 Å². The standard InChI is InChI=1S/C23H25N3O4/c1-16-22(28)26(19-6-2-3-7-20(19)30-16)15-21(27)24-14-17-8-10-18(11-9-17)23(29)25-12-4-5-13-25/h2-3,6-11,16H,4-5,12-15H2,1H3,(H,24,27). The summed E-state index contributed by atoms with van der Waals surface area (Å²) in [5.41, 5.74) is 2.15. The monoisotopic (exact) mass is 407 g/mol. The van der Waals surface area contributed by atoms with E-state index in [1.165, 1.54) is 4.90 Å². The summed E-state index contributed by atoms with van der Waals surface area (Å²) in [6, 6.07) is 14.5. The quantitative estimate of drug-likeness (QED) is 0.825. The summed E-state index contributed by atoms with van der Waals surface area (Å²) in [4.78, 5) is 40.7. The van der Waals surface area contributed by atoms with Crippen LogP contribution in [0, 0.1) is 0 Å². The summed E-state index contributed by atoms with van der Waals surface area (Å²) in [6.07, 6.45) is 1.49. The number of hydrogen-bond acceptors (Lipinski definition) is 4. The Labute approximate surface area is 175 Å². The Balaban J connectivity index is 1.35. The Kier molecular flexibility index (Phi) is 5.70. The zero-order valence-electron chi connectivity index (χ0n) is 17.0. The number of ether oxygens (including phenoxy) is 1. The maximum Gasteiger partial charge on any atom is 0.268 e. The van der Waals surface area contributed by atoms with Gasteiger partial charge in [0.05, 0.1) is 5.69 Å². The number of carbonyl (C=O) groups is 3. The number of benzene rings is 2. The number of fused-ring (bicyclic) bond motifs is 1. The molecule has 1 N–H and O–H groups in total. The first kappa shape index (κ1) is 19.9. The minimum absolute atomic E-state index is 0.0571. The molecule has 0 saturated carbocycles. The lowest BCUT2D eigenvalue weighted by Gasteiger charge is -2.32. The molecule has 1 unspecified atom stereocenters. The van der Waals surface area contributed by atoms with Crippen LogP contribution in [0.25, 0.3) is 0 Å². The first-order valence-corrected chi connectivity index (χ1v) is 10.2. The fourth-order valence-electron chi connectivity index (χ4n) is 3.79. The average molecular weight is 407 g/mol. The third-order valence-corrected chi connectivity index (χ3v) is 5.46. The Morgan fingerprint density at radius 2 is 1.77 bits per heavy atom. The SMILES string of the molecule is CC1Oc2ccccc2N(CC(=O)NCc2ccc(C(=O)N3CCCC3)cc2)C1=O. The lowest BCUT2D eigenvalue weighted by atomic mass is 10.1. The molecule has 3 amide bonds. The molecule has 2 aliphatic rings. The normalized spacial score (nSPS) is 18.0. The molecule has 0 spiro atoms. The van der Waals surface area contributed by atoms with Crippen LogP contribution >= 0.6 is 0 Å². The summed E-state index contributed by atoms with van der Waals surface area (Å²) >= 11 is 0. The van der Waals surface area contributed by atoms with Gasteiger partial charge in [-0.15, -0.1) is 0 Å². The molecule has 0 aliphatic carbocycles. The minimum atomic E-state index is -0.631. The number of amides is 3. The third kappa shape index (κ3) is 4.15. The maximum atomic E-state index is 12.5. The number of para-hydroxylation sites is 2. The topological polar surface area (TPSA) is 79.0 Å². The van der Waals surface area contributed by atoms with Crippen LogP contribution in [0.1, 0.15) is 35.7 Å². The van der Waals surface area contributed by atoms with E-state index in [4.69, 9.17) is 4.74 Å². The third-order valence-electron chi connectivity index (χ3n) is 5.46. The second kappa shape index (κ2) is 8.57. The van der Waals surface area contributed by atoms with Crippen LogP contribution in [0.4, 0.5) is 5.69 Å². The predicted molar refractivity (Wildman–Crippen MR) is 112 cm³/mol. The lowest BCUT2D eigenvalue weighted by Crippen LogP contribution is -2.48. The molecule has 156 valence electrons. The van der Waals surface area contributed by atoms with Gasteiger partial charge >= 0.3 is 0 Å². The predicted octanol–water partition coefficient (Wildman–Crippen LogP) is 2.35. The first-order chi connectivity index (χ1) is 14.5. The van der Waals surface area contributed by atoms with Crippen LogP contribution in [0.3, 0.4) is 0 Å². The van der Waals surface area contributed by atoms with Gasteiger partial charge in [-0.05, 0) is 49.6 Å². The van der Waals surface area contributed by atoms with Crippen LogP contribution in [0.15, 0.2) is 48.5 Å². The molecule has 1 saturated heterocycles. The summed E-state index contributed by atoms with van der Waals surface area (Å²) in [5.74, 6) is 0.149. The van der Waals surface area contributed by atoms with Crippen LogP contribution in [-0.2, 0) is 16.1 Å². The van der Waals surface area contributed by atoms with Gasteiger partial charge in [0.15, 0.2) is 6.10 Å². The van der Waals surface area contributed by atoms with Crippen molar-refractivity contribution in [1.29, 1.82) is 0 Å². The molecule has 2 aromatic carbocycles. The number of hydrogen-bond donors (Lipinski definition) is 1. The summed E-state index contributed by atoms with van der Waals surface area (Å²) in [5, 5.41) is 2.85. The zero-order chi connectivity index (χ0) is 21.1. The largest absolute Gasteiger partial charge is 0.479 e. The first-order valence-electron chi connectivity index (χ1n) is 10.2. The summed E-state index contributed by atoms with van der Waals surface area (Å²) < 4.78 is 5.60. The number of carbonyl (C=O) groups excluding carboxylic acids is 3. The van der Waals surface area contributed by atoms with Gasteiger partial charge in [0.25, 0.3) is 11.8 Å². The van der Waals surface area contributed by atoms with Crippen molar-refractivity contribution in [3.05, 3.63) is 59.7 Å². The van der Waals surface area contributed by atoms with Gasteiger partial charge in [0.1, 0.15) is 12.3 Å². The van der Waals surface area contributed by atoms with E-state index in [1.807, 2.05) is 23.1 Å². The second-order valence-electron chi connectivity index (χ2n) is 7.63. The van der Waals surface area contributed by atoms with Crippen LogP contribution < -0.4 is 15.0 Å². The van der Waals surface area contributed by atoms with E-state index in [9.17, 15) is 14.4 Å². The van der Waals surface area contributed by atoms with Gasteiger partial charge in [0, 0.05) is 25.2 Å². The Hall–Kier alpha value is -3.35. The summed E-state index contributed by atoms with van der Waals surface area (Å²) in [7, 11) is 0. The number of anilines is 1. The van der Waals surface area contributed by atoms with Crippen molar-refractivity contribution < 1.29 is 19.1 Å². The Morgan fingerprint density at radius 1 is 1.07 bits per heavy atom. The fourth-order valence-corrected chi connectivity index (χ4v) is 3.79. The fraction of sp³-hybridized carbons (Fsp3) is 0.348. The molecule has 4 rings (SSSR count). The highest BCUT2D eigenvalue weighted by Gasteiger charge is 2.32. The van der Waals surface area contributed by atoms with Crippen molar-refractivity contribution in [2.75, 3.05) is 24.5 Å². The van der Waals surface area contributed by atoms with Crippen molar-refractivity contribution >= 4 is 23.4 Å². The lowest BCUT2D eigenvalue weighted by molar-refractivity contribution is -0.128. The van der Waals surface area contributed by atoms with Crippen molar-refractivity contribution in [1.82, 2.24) is 10.2 Å². The molecule has 7 nitrogen and oxygen atoms in total. The van der Waals surface area contributed by atoms with Crippen LogP contribution in [0.2, 0.25) is 0 Å². The van der Waals surface area contributed by atoms with Gasteiger partial charge in [-0.2, -0.15) is 0 Å². The molecule has 0 bridgehead atoms. The number of rotatable bonds is 5. The molecule has 2 aromatic rings. The van der Waals surface area contributed by atoms with E-state index in [0.717, 1.165) is 31.5 Å². The highest BCUT2D eigenvalue weighted by molar-refractivity contribution is 6.03. The number of nitrogens with zero attached hydrogens (tertiary/aromatic N) is 2. The average Bonchev–Trinajstić information content (AvgIpc) is 3.30.